The first-order chi connectivity index (χ1) is 4.69. The van der Waals surface area contributed by atoms with Crippen LogP contribution in [0.3, 0.4) is 0 Å². The van der Waals surface area contributed by atoms with Crippen molar-refractivity contribution in [2.45, 2.75) is 33.0 Å². The van der Waals surface area contributed by atoms with E-state index in [1.54, 1.807) is 0 Å². The Hall–Kier alpha value is 0.950. The van der Waals surface area contributed by atoms with Gasteiger partial charge < -0.3 is 0 Å². The largest absolute Gasteiger partial charge is 0.197 e. The van der Waals surface area contributed by atoms with E-state index in [0.29, 0.717) is 3.92 Å². The van der Waals surface area contributed by atoms with Crippen LogP contribution in [0.25, 0.3) is 0 Å². The van der Waals surface area contributed by atoms with Crippen LogP contribution >= 0.6 is 45.2 Å². The van der Waals surface area contributed by atoms with E-state index in [1.165, 1.54) is 19.3 Å². The minimum atomic E-state index is -0.0590. The Kier molecular flexibility index (Phi) is 3.22. The van der Waals surface area contributed by atoms with Crippen LogP contribution in [0.5, 0.6) is 0 Å². The highest BCUT2D eigenvalue weighted by molar-refractivity contribution is 14.1. The Labute approximate surface area is 88.8 Å². The fourth-order valence-corrected chi connectivity index (χ4v) is 2.80. The first-order valence-corrected chi connectivity index (χ1v) is 5.76. The molecule has 0 spiro atoms. The van der Waals surface area contributed by atoms with Crippen molar-refractivity contribution in [2.75, 3.05) is 0 Å². The standard InChI is InChI=1S/C7H9I2N/c8-6-3-1-2-4-7(6,9)5-10/h6H,1-4H2. The van der Waals surface area contributed by atoms with E-state index in [2.05, 4.69) is 51.3 Å². The van der Waals surface area contributed by atoms with Crippen molar-refractivity contribution < 1.29 is 0 Å². The third kappa shape index (κ3) is 1.76. The number of halogens is 2. The van der Waals surface area contributed by atoms with E-state index in [9.17, 15) is 0 Å². The molecule has 1 nitrogen and oxygen atoms in total. The summed E-state index contributed by atoms with van der Waals surface area (Å²) in [7, 11) is 0. The third-order valence-electron chi connectivity index (χ3n) is 1.93. The van der Waals surface area contributed by atoms with E-state index in [1.807, 2.05) is 0 Å². The number of nitrogens with zero attached hydrogens (tertiary/aromatic N) is 1. The van der Waals surface area contributed by atoms with Gasteiger partial charge in [0.1, 0.15) is 3.42 Å². The van der Waals surface area contributed by atoms with E-state index >= 15 is 0 Å². The van der Waals surface area contributed by atoms with Gasteiger partial charge in [-0.25, -0.2) is 0 Å². The maximum absolute atomic E-state index is 8.86. The van der Waals surface area contributed by atoms with Crippen molar-refractivity contribution >= 4 is 45.2 Å². The molecule has 0 radical (unpaired) electrons. The molecule has 2 unspecified atom stereocenters. The van der Waals surface area contributed by atoms with Crippen LogP contribution in [-0.2, 0) is 0 Å². The molecule has 0 aliphatic heterocycles. The summed E-state index contributed by atoms with van der Waals surface area (Å²) in [5.74, 6) is 0. The Morgan fingerprint density at radius 2 is 2.20 bits per heavy atom. The Bertz CT molecular complexity index is 163. The summed E-state index contributed by atoms with van der Waals surface area (Å²) in [5.41, 5.74) is 0. The Morgan fingerprint density at radius 1 is 1.50 bits per heavy atom. The van der Waals surface area contributed by atoms with E-state index in [4.69, 9.17) is 5.26 Å². The molecule has 0 amide bonds. The minimum Gasteiger partial charge on any atom is -0.197 e. The van der Waals surface area contributed by atoms with Crippen LogP contribution in [0.1, 0.15) is 25.7 Å². The molecule has 0 aromatic carbocycles. The molecule has 1 fully saturated rings. The topological polar surface area (TPSA) is 23.8 Å². The van der Waals surface area contributed by atoms with Crippen LogP contribution in [0.2, 0.25) is 0 Å². The lowest BCUT2D eigenvalue weighted by atomic mass is 9.90. The molecule has 0 N–H and O–H groups in total. The molecule has 1 aliphatic rings. The predicted molar refractivity (Wildman–Crippen MR) is 58.6 cm³/mol. The molecule has 3 heteroatoms. The molecule has 2 atom stereocenters. The molecular formula is C7H9I2N. The highest BCUT2D eigenvalue weighted by atomic mass is 127. The van der Waals surface area contributed by atoms with Gasteiger partial charge >= 0.3 is 0 Å². The van der Waals surface area contributed by atoms with Gasteiger partial charge in [0.05, 0.1) is 6.07 Å². The highest BCUT2D eigenvalue weighted by Crippen LogP contribution is 2.40. The van der Waals surface area contributed by atoms with Gasteiger partial charge in [-0.1, -0.05) is 58.0 Å². The molecule has 0 saturated heterocycles. The van der Waals surface area contributed by atoms with Crippen molar-refractivity contribution in [3.8, 4) is 6.07 Å². The summed E-state index contributed by atoms with van der Waals surface area (Å²) in [4.78, 5) is 0. The SMILES string of the molecule is N#CC1(I)CCCCC1I. The lowest BCUT2D eigenvalue weighted by Gasteiger charge is -2.29. The van der Waals surface area contributed by atoms with Crippen LogP contribution in [0.15, 0.2) is 0 Å². The van der Waals surface area contributed by atoms with Gasteiger partial charge in [0.25, 0.3) is 0 Å². The fraction of sp³-hybridized carbons (Fsp3) is 0.857. The summed E-state index contributed by atoms with van der Waals surface area (Å²) >= 11 is 4.72. The zero-order valence-electron chi connectivity index (χ0n) is 5.61. The number of rotatable bonds is 0. The summed E-state index contributed by atoms with van der Waals surface area (Å²) < 4.78 is 0.501. The summed E-state index contributed by atoms with van der Waals surface area (Å²) in [5, 5.41) is 8.86. The third-order valence-corrected chi connectivity index (χ3v) is 6.34. The smallest absolute Gasteiger partial charge is 0.120 e. The van der Waals surface area contributed by atoms with E-state index in [0.717, 1.165) is 6.42 Å². The second-order valence-electron chi connectivity index (χ2n) is 2.69. The summed E-state index contributed by atoms with van der Waals surface area (Å²) in [6, 6.07) is 2.41. The first kappa shape index (κ1) is 9.04. The molecule has 0 aromatic rings. The van der Waals surface area contributed by atoms with Crippen molar-refractivity contribution in [3.63, 3.8) is 0 Å². The lowest BCUT2D eigenvalue weighted by Crippen LogP contribution is -2.33. The molecule has 0 heterocycles. The van der Waals surface area contributed by atoms with Crippen LogP contribution in [-0.4, -0.2) is 7.35 Å². The molecular weight excluding hydrogens is 352 g/mol. The summed E-state index contributed by atoms with van der Waals surface area (Å²) in [6.07, 6.45) is 4.84. The second kappa shape index (κ2) is 3.57. The average Bonchev–Trinajstić information content (AvgIpc) is 1.96. The monoisotopic (exact) mass is 361 g/mol. The van der Waals surface area contributed by atoms with Gasteiger partial charge in [-0.05, 0) is 12.8 Å². The molecule has 1 saturated carbocycles. The molecule has 56 valence electrons. The number of hydrogen-bond acceptors (Lipinski definition) is 1. The van der Waals surface area contributed by atoms with Gasteiger partial charge in [0, 0.05) is 3.92 Å². The van der Waals surface area contributed by atoms with Crippen molar-refractivity contribution in [3.05, 3.63) is 0 Å². The fourth-order valence-electron chi connectivity index (χ4n) is 1.22. The number of hydrogen-bond donors (Lipinski definition) is 0. The molecule has 0 bridgehead atoms. The highest BCUT2D eigenvalue weighted by Gasteiger charge is 2.36. The number of alkyl halides is 2. The van der Waals surface area contributed by atoms with Crippen LogP contribution in [0.4, 0.5) is 0 Å². The van der Waals surface area contributed by atoms with Gasteiger partial charge in [-0.3, -0.25) is 0 Å². The average molecular weight is 361 g/mol. The second-order valence-corrected chi connectivity index (χ2v) is 6.12. The van der Waals surface area contributed by atoms with Gasteiger partial charge in [-0.2, -0.15) is 5.26 Å². The normalized spacial score (nSPS) is 40.7. The Morgan fingerprint density at radius 3 is 2.60 bits per heavy atom. The number of nitriles is 1. The molecule has 0 aromatic heterocycles. The first-order valence-electron chi connectivity index (χ1n) is 3.43. The van der Waals surface area contributed by atoms with Gasteiger partial charge in [0.2, 0.25) is 0 Å². The molecule has 1 aliphatic carbocycles. The van der Waals surface area contributed by atoms with Crippen LogP contribution < -0.4 is 0 Å². The molecule has 1 rings (SSSR count). The van der Waals surface area contributed by atoms with Gasteiger partial charge in [0.15, 0.2) is 0 Å². The maximum Gasteiger partial charge on any atom is 0.120 e. The zero-order valence-corrected chi connectivity index (χ0v) is 9.92. The van der Waals surface area contributed by atoms with Crippen molar-refractivity contribution in [1.82, 2.24) is 0 Å². The van der Waals surface area contributed by atoms with Crippen LogP contribution in [0, 0.1) is 11.3 Å². The van der Waals surface area contributed by atoms with Crippen molar-refractivity contribution in [2.24, 2.45) is 0 Å². The minimum absolute atomic E-state index is 0.0590. The van der Waals surface area contributed by atoms with E-state index in [-0.39, 0.29) is 3.42 Å². The molecule has 10 heavy (non-hydrogen) atoms. The Balaban J connectivity index is 2.65. The van der Waals surface area contributed by atoms with E-state index < -0.39 is 0 Å². The zero-order chi connectivity index (χ0) is 7.61. The van der Waals surface area contributed by atoms with Crippen molar-refractivity contribution in [1.29, 1.82) is 5.26 Å². The summed E-state index contributed by atoms with van der Waals surface area (Å²) in [6.45, 7) is 0. The maximum atomic E-state index is 8.86. The predicted octanol–water partition coefficient (Wildman–Crippen LogP) is 3.06. The lowest BCUT2D eigenvalue weighted by molar-refractivity contribution is 0.498. The quantitative estimate of drug-likeness (QED) is 0.481. The van der Waals surface area contributed by atoms with Gasteiger partial charge in [-0.15, -0.1) is 0 Å².